The molecule has 2 fully saturated rings. The summed E-state index contributed by atoms with van der Waals surface area (Å²) in [5.74, 6) is 0.329. The van der Waals surface area contributed by atoms with Gasteiger partial charge in [0.2, 0.25) is 6.79 Å². The number of ether oxygens (including phenoxy) is 8. The maximum Gasteiger partial charge on any atom is 0.331 e. The van der Waals surface area contributed by atoms with Gasteiger partial charge in [0.15, 0.2) is 40.0 Å². The Kier molecular flexibility index (Phi) is 9.97. The van der Waals surface area contributed by atoms with Crippen LogP contribution in [0, 0.1) is 13.8 Å². The molecule has 0 saturated carbocycles. The Morgan fingerprint density at radius 2 is 1.58 bits per heavy atom. The number of hydrogen-bond acceptors (Lipinski definition) is 17. The Morgan fingerprint density at radius 3 is 2.28 bits per heavy atom. The van der Waals surface area contributed by atoms with Gasteiger partial charge in [-0.3, -0.25) is 29.5 Å². The predicted octanol–water partition coefficient (Wildman–Crippen LogP) is 3.85. The zero-order chi connectivity index (χ0) is 42.5. The molecule has 4 bridgehead atoms. The molecule has 0 aliphatic carbocycles. The number of nitrogens with one attached hydrogen (secondary N) is 1. The maximum absolute atomic E-state index is 14.9. The molecule has 3 aromatic rings. The highest BCUT2D eigenvalue weighted by molar-refractivity contribution is 7.99. The van der Waals surface area contributed by atoms with Crippen LogP contribution in [0.2, 0.25) is 0 Å². The topological polar surface area (TPSA) is 181 Å². The number of piperazine rings is 1. The summed E-state index contributed by atoms with van der Waals surface area (Å²) in [7, 11) is 4.95. The van der Waals surface area contributed by atoms with Gasteiger partial charge in [0.25, 0.3) is 0 Å². The fraction of sp³-hybridized carbons (Fsp3) is 0.488. The van der Waals surface area contributed by atoms with Gasteiger partial charge in [-0.25, -0.2) is 4.79 Å². The standard InChI is InChI=1S/C43H47N3O13S/c1-18-11-24-12-26-41(50)46-27-15-54-42(51)43(25-14-28(52-7)29(57-20(3)47)13-23(25)9-10-44-43)16-60-40(32-31(27)38-37(55-17-56-38)19(2)36(32)58-21(4)48)34(46)33(45(26)6)30(24)39(35(18)53-8)59-22(5)49/h11,13-14,26-27,33-34,40-41,44,50H,9-10,12,15-17H2,1-8H3/t26-,27-,33+,34+,40+,41-,43+/m0/s1. The van der Waals surface area contributed by atoms with Crippen molar-refractivity contribution >= 4 is 35.6 Å². The number of nitrogens with zero attached hydrogens (tertiary/aromatic N) is 2. The van der Waals surface area contributed by atoms with E-state index in [1.807, 2.05) is 31.9 Å². The van der Waals surface area contributed by atoms with E-state index in [1.54, 1.807) is 12.1 Å². The lowest BCUT2D eigenvalue weighted by atomic mass is 9.73. The third kappa shape index (κ3) is 5.95. The summed E-state index contributed by atoms with van der Waals surface area (Å²) in [4.78, 5) is 57.0. The third-order valence-electron chi connectivity index (χ3n) is 12.7. The van der Waals surface area contributed by atoms with Gasteiger partial charge in [0.1, 0.15) is 18.6 Å². The number of thioether (sulfide) groups is 1. The largest absolute Gasteiger partial charge is 0.493 e. The van der Waals surface area contributed by atoms with Gasteiger partial charge in [0, 0.05) is 61.4 Å². The van der Waals surface area contributed by atoms with Gasteiger partial charge in [-0.1, -0.05) is 6.07 Å². The van der Waals surface area contributed by atoms with Crippen LogP contribution in [0.5, 0.6) is 40.2 Å². The number of carbonyl (C=O) groups is 4. The summed E-state index contributed by atoms with van der Waals surface area (Å²) in [5, 5.41) is 15.6. The minimum atomic E-state index is -1.43. The number of esters is 4. The monoisotopic (exact) mass is 845 g/mol. The van der Waals surface area contributed by atoms with E-state index in [4.69, 9.17) is 37.9 Å². The van der Waals surface area contributed by atoms with Crippen LogP contribution in [-0.4, -0.2) is 104 Å². The number of aliphatic hydroxyl groups is 1. The van der Waals surface area contributed by atoms with Gasteiger partial charge >= 0.3 is 23.9 Å². The number of likely N-dealkylation sites (N-methyl/N-ethyl adjacent to an activating group) is 1. The molecule has 0 aromatic heterocycles. The van der Waals surface area contributed by atoms with Gasteiger partial charge in [-0.2, -0.15) is 0 Å². The highest BCUT2D eigenvalue weighted by Gasteiger charge is 2.61. The molecule has 7 aliphatic rings. The number of hydrogen-bond donors (Lipinski definition) is 2. The van der Waals surface area contributed by atoms with E-state index in [2.05, 4.69) is 10.2 Å². The van der Waals surface area contributed by atoms with Crippen LogP contribution in [-0.2, 0) is 42.3 Å². The van der Waals surface area contributed by atoms with Crippen LogP contribution < -0.4 is 38.5 Å². The number of fused-ring (bicyclic) bond motifs is 9. The second-order valence-corrected chi connectivity index (χ2v) is 17.2. The Hall–Kier alpha value is -5.07. The molecular formula is C43H47N3O13S. The average Bonchev–Trinajstić information content (AvgIpc) is 3.69. The highest BCUT2D eigenvalue weighted by Crippen LogP contribution is 2.64. The summed E-state index contributed by atoms with van der Waals surface area (Å²) < 4.78 is 48.1. The van der Waals surface area contributed by atoms with Gasteiger partial charge in [0.05, 0.1) is 37.6 Å². The van der Waals surface area contributed by atoms with E-state index < -0.39 is 65.1 Å². The summed E-state index contributed by atoms with van der Waals surface area (Å²) in [6.45, 7) is 7.78. The molecule has 16 nitrogen and oxygen atoms in total. The SMILES string of the molecule is COc1cc2c(cc1OC(C)=O)CCN[C@]21CS[C@@H]2c3c(OC(C)=O)c(C)c4c(c3[C@H](COC1=O)N1[C@@H]2[C@H]2c3c(cc(C)c(OC)c3OC(C)=O)C[C@@H]([C@@H]1O)N2C)OCO4. The molecule has 2 saturated heterocycles. The highest BCUT2D eigenvalue weighted by atomic mass is 32.2. The molecule has 7 atom stereocenters. The van der Waals surface area contributed by atoms with Crippen LogP contribution in [0.25, 0.3) is 0 Å². The van der Waals surface area contributed by atoms with Crippen molar-refractivity contribution < 1.29 is 62.2 Å². The molecule has 1 spiro atoms. The number of methoxy groups -OCH3 is 2. The van der Waals surface area contributed by atoms with Crippen molar-refractivity contribution in [3.63, 3.8) is 0 Å². The first-order valence-electron chi connectivity index (χ1n) is 19.8. The van der Waals surface area contributed by atoms with E-state index in [9.17, 15) is 24.3 Å². The minimum Gasteiger partial charge on any atom is -0.493 e. The molecule has 0 amide bonds. The summed E-state index contributed by atoms with van der Waals surface area (Å²) >= 11 is 1.44. The second-order valence-electron chi connectivity index (χ2n) is 16.1. The van der Waals surface area contributed by atoms with Crippen molar-refractivity contribution in [1.82, 2.24) is 15.1 Å². The Morgan fingerprint density at radius 1 is 0.867 bits per heavy atom. The fourth-order valence-electron chi connectivity index (χ4n) is 10.4. The lowest BCUT2D eigenvalue weighted by Crippen LogP contribution is -2.70. The Labute approximate surface area is 350 Å². The molecule has 0 radical (unpaired) electrons. The number of aliphatic hydroxyl groups excluding tert-OH is 1. The number of carbonyl (C=O) groups excluding carboxylic acids is 4. The van der Waals surface area contributed by atoms with Gasteiger partial charge in [-0.15, -0.1) is 11.8 Å². The number of rotatable bonds is 5. The Balaban J connectivity index is 1.31. The summed E-state index contributed by atoms with van der Waals surface area (Å²) in [6.07, 6.45) is -0.157. The van der Waals surface area contributed by atoms with E-state index in [-0.39, 0.29) is 30.7 Å². The lowest BCUT2D eigenvalue weighted by Gasteiger charge is -2.62. The summed E-state index contributed by atoms with van der Waals surface area (Å²) in [6, 6.07) is 3.03. The predicted molar refractivity (Wildman–Crippen MR) is 214 cm³/mol. The van der Waals surface area contributed by atoms with E-state index in [0.29, 0.717) is 70.4 Å². The normalized spacial score (nSPS) is 27.4. The van der Waals surface area contributed by atoms with Crippen molar-refractivity contribution in [3.05, 3.63) is 62.7 Å². The van der Waals surface area contributed by atoms with Gasteiger partial charge < -0.3 is 43.0 Å². The number of aryl methyl sites for hydroxylation is 1. The molecule has 60 heavy (non-hydrogen) atoms. The van der Waals surface area contributed by atoms with Crippen LogP contribution >= 0.6 is 11.8 Å². The third-order valence-corrected chi connectivity index (χ3v) is 14.2. The van der Waals surface area contributed by atoms with Crippen molar-refractivity contribution in [2.75, 3.05) is 47.0 Å². The smallest absolute Gasteiger partial charge is 0.331 e. The van der Waals surface area contributed by atoms with Crippen LogP contribution in [0.1, 0.15) is 82.6 Å². The zero-order valence-corrected chi connectivity index (χ0v) is 35.4. The van der Waals surface area contributed by atoms with E-state index >= 15 is 0 Å². The quantitative estimate of drug-likeness (QED) is 0.279. The molecule has 7 heterocycles. The maximum atomic E-state index is 14.9. The van der Waals surface area contributed by atoms with E-state index in [0.717, 1.165) is 22.3 Å². The molecule has 10 rings (SSSR count). The minimum absolute atomic E-state index is 0.0876. The molecule has 318 valence electrons. The van der Waals surface area contributed by atoms with Crippen molar-refractivity contribution in [2.24, 2.45) is 0 Å². The Bertz CT molecular complexity index is 2370. The zero-order valence-electron chi connectivity index (χ0n) is 34.6. The van der Waals surface area contributed by atoms with Gasteiger partial charge in [-0.05, 0) is 68.1 Å². The molecule has 3 aromatic carbocycles. The average molecular weight is 846 g/mol. The lowest BCUT2D eigenvalue weighted by molar-refractivity contribution is -0.186. The number of benzene rings is 3. The second kappa shape index (κ2) is 14.8. The molecule has 0 unspecified atom stereocenters. The van der Waals surface area contributed by atoms with Crippen LogP contribution in [0.4, 0.5) is 0 Å². The van der Waals surface area contributed by atoms with E-state index in [1.165, 1.54) is 46.8 Å². The summed E-state index contributed by atoms with van der Waals surface area (Å²) in [5.41, 5.74) is 4.17. The molecule has 2 N–H and O–H groups in total. The van der Waals surface area contributed by atoms with Crippen LogP contribution in [0.15, 0.2) is 18.2 Å². The molecule has 7 aliphatic heterocycles. The first kappa shape index (κ1) is 40.3. The van der Waals surface area contributed by atoms with Crippen molar-refractivity contribution in [1.29, 1.82) is 0 Å². The molecule has 17 heteroatoms. The van der Waals surface area contributed by atoms with Crippen LogP contribution in [0.3, 0.4) is 0 Å². The van der Waals surface area contributed by atoms with Crippen molar-refractivity contribution in [2.45, 2.75) is 88.6 Å². The first-order chi connectivity index (χ1) is 28.7. The first-order valence-corrected chi connectivity index (χ1v) is 20.9. The fourth-order valence-corrected chi connectivity index (χ4v) is 12.1. The molecular weight excluding hydrogens is 799 g/mol. The van der Waals surface area contributed by atoms with Crippen molar-refractivity contribution in [3.8, 4) is 40.2 Å².